The molecule has 2 aromatic carbocycles. The van der Waals surface area contributed by atoms with Gasteiger partial charge in [-0.05, 0) is 24.3 Å². The van der Waals surface area contributed by atoms with E-state index < -0.39 is 23.5 Å². The monoisotopic (exact) mass is 348 g/mol. The molecule has 0 aliphatic heterocycles. The second-order valence-electron chi connectivity index (χ2n) is 4.91. The lowest BCUT2D eigenvalue weighted by Crippen LogP contribution is -2.21. The fraction of sp³-hybridized carbons (Fsp3) is 0.0625. The average Bonchev–Trinajstić information content (AvgIpc) is 2.83. The van der Waals surface area contributed by atoms with E-state index in [1.165, 1.54) is 4.57 Å². The molecule has 1 amide bonds. The molecule has 24 heavy (non-hydrogen) atoms. The number of nitrogens with zero attached hydrogens (tertiary/aromatic N) is 2. The van der Waals surface area contributed by atoms with Gasteiger partial charge < -0.3 is 9.67 Å². The Kier molecular flexibility index (Phi) is 4.22. The summed E-state index contributed by atoms with van der Waals surface area (Å²) in [6.45, 7) is -0.381. The first-order valence-electron chi connectivity index (χ1n) is 6.79. The molecule has 0 spiro atoms. The smallest absolute Gasteiger partial charge is 0.323 e. The van der Waals surface area contributed by atoms with Gasteiger partial charge in [-0.25, -0.2) is 8.78 Å². The van der Waals surface area contributed by atoms with Gasteiger partial charge in [0.05, 0.1) is 10.2 Å². The fourth-order valence-corrected chi connectivity index (χ4v) is 3.25. The molecule has 0 unspecified atom stereocenters. The Balaban J connectivity index is 2.15. The van der Waals surface area contributed by atoms with Crippen molar-refractivity contribution in [3.63, 3.8) is 0 Å². The van der Waals surface area contributed by atoms with Crippen LogP contribution in [0.25, 0.3) is 10.2 Å². The number of para-hydroxylation sites is 1. The molecule has 0 atom stereocenters. The Morgan fingerprint density at radius 1 is 1.12 bits per heavy atom. The summed E-state index contributed by atoms with van der Waals surface area (Å²) >= 11 is 1.12. The van der Waals surface area contributed by atoms with Crippen LogP contribution < -0.4 is 4.80 Å². The van der Waals surface area contributed by atoms with Crippen LogP contribution in [0.2, 0.25) is 0 Å². The van der Waals surface area contributed by atoms with Crippen LogP contribution in [0.4, 0.5) is 8.78 Å². The minimum absolute atomic E-state index is 0.147. The minimum Gasteiger partial charge on any atom is -0.480 e. The summed E-state index contributed by atoms with van der Waals surface area (Å²) in [5.41, 5.74) is 0.369. The highest BCUT2D eigenvalue weighted by Gasteiger charge is 2.12. The SMILES string of the molecule is O=C(O)Cn1/c(=N/C(=O)c2cc(F)cc(F)c2)sc2ccccc21. The molecule has 3 rings (SSSR count). The zero-order valence-corrected chi connectivity index (χ0v) is 12.9. The van der Waals surface area contributed by atoms with Crippen molar-refractivity contribution in [1.82, 2.24) is 4.57 Å². The number of aliphatic carboxylic acids is 1. The Labute approximate surface area is 138 Å². The zero-order chi connectivity index (χ0) is 17.3. The number of fused-ring (bicyclic) bond motifs is 1. The highest BCUT2D eigenvalue weighted by Crippen LogP contribution is 2.17. The Hall–Kier alpha value is -2.87. The van der Waals surface area contributed by atoms with Crippen molar-refractivity contribution in [3.8, 4) is 0 Å². The minimum atomic E-state index is -1.09. The van der Waals surface area contributed by atoms with Gasteiger partial charge in [-0.2, -0.15) is 4.99 Å². The molecule has 3 aromatic rings. The molecule has 0 aliphatic rings. The van der Waals surface area contributed by atoms with Gasteiger partial charge >= 0.3 is 5.97 Å². The second-order valence-corrected chi connectivity index (χ2v) is 5.92. The quantitative estimate of drug-likeness (QED) is 0.791. The van der Waals surface area contributed by atoms with E-state index in [9.17, 15) is 18.4 Å². The van der Waals surface area contributed by atoms with Gasteiger partial charge in [0.2, 0.25) is 0 Å². The largest absolute Gasteiger partial charge is 0.480 e. The molecule has 0 fully saturated rings. The van der Waals surface area contributed by atoms with Crippen LogP contribution in [-0.4, -0.2) is 21.6 Å². The first-order chi connectivity index (χ1) is 11.4. The molecule has 0 aliphatic carbocycles. The standard InChI is InChI=1S/C16H10F2N2O3S/c17-10-5-9(6-11(18)7-10)15(23)19-16-20(8-14(21)22)12-3-1-2-4-13(12)24-16/h1-7H,8H2,(H,21,22)/b19-16-. The summed E-state index contributed by atoms with van der Waals surface area (Å²) in [6.07, 6.45) is 0. The van der Waals surface area contributed by atoms with Crippen molar-refractivity contribution in [2.45, 2.75) is 6.54 Å². The van der Waals surface area contributed by atoms with Crippen molar-refractivity contribution in [1.29, 1.82) is 0 Å². The number of rotatable bonds is 3. The number of amides is 1. The Bertz CT molecular complexity index is 1000. The van der Waals surface area contributed by atoms with Crippen LogP contribution in [0.3, 0.4) is 0 Å². The van der Waals surface area contributed by atoms with Crippen LogP contribution in [0.15, 0.2) is 47.5 Å². The molecule has 1 aromatic heterocycles. The van der Waals surface area contributed by atoms with Gasteiger partial charge in [-0.3, -0.25) is 9.59 Å². The van der Waals surface area contributed by atoms with Crippen molar-refractivity contribution < 1.29 is 23.5 Å². The van der Waals surface area contributed by atoms with Crippen molar-refractivity contribution in [2.24, 2.45) is 4.99 Å². The molecule has 1 N–H and O–H groups in total. The normalized spacial score (nSPS) is 11.8. The van der Waals surface area contributed by atoms with E-state index in [0.29, 0.717) is 11.6 Å². The predicted molar refractivity (Wildman–Crippen MR) is 83.7 cm³/mol. The Morgan fingerprint density at radius 2 is 1.79 bits per heavy atom. The van der Waals surface area contributed by atoms with E-state index in [1.807, 2.05) is 0 Å². The summed E-state index contributed by atoms with van der Waals surface area (Å²) < 4.78 is 28.6. The highest BCUT2D eigenvalue weighted by atomic mass is 32.1. The van der Waals surface area contributed by atoms with Gasteiger partial charge in [0.15, 0.2) is 4.80 Å². The second kappa shape index (κ2) is 6.32. The molecule has 122 valence electrons. The van der Waals surface area contributed by atoms with Crippen molar-refractivity contribution >= 4 is 33.4 Å². The number of carboxylic acids is 1. The summed E-state index contributed by atoms with van der Waals surface area (Å²) in [7, 11) is 0. The number of carboxylic acid groups (broad SMARTS) is 1. The van der Waals surface area contributed by atoms with E-state index in [4.69, 9.17) is 5.11 Å². The lowest BCUT2D eigenvalue weighted by Gasteiger charge is -2.01. The van der Waals surface area contributed by atoms with Crippen LogP contribution in [-0.2, 0) is 11.3 Å². The summed E-state index contributed by atoms with van der Waals surface area (Å²) in [5, 5.41) is 9.05. The zero-order valence-electron chi connectivity index (χ0n) is 12.1. The first kappa shape index (κ1) is 16.0. The maximum absolute atomic E-state index is 13.2. The fourth-order valence-electron chi connectivity index (χ4n) is 2.22. The maximum Gasteiger partial charge on any atom is 0.323 e. The molecule has 0 saturated carbocycles. The third kappa shape index (κ3) is 3.23. The molecule has 0 saturated heterocycles. The number of carbonyl (C=O) groups is 2. The number of thiazole rings is 1. The molecule has 8 heteroatoms. The number of hydrogen-bond acceptors (Lipinski definition) is 3. The van der Waals surface area contributed by atoms with Gasteiger partial charge in [0.1, 0.15) is 18.2 Å². The van der Waals surface area contributed by atoms with E-state index in [0.717, 1.165) is 28.2 Å². The summed E-state index contributed by atoms with van der Waals surface area (Å²) in [6, 6.07) is 9.40. The van der Waals surface area contributed by atoms with Crippen molar-refractivity contribution in [3.05, 3.63) is 64.5 Å². The molecular formula is C16H10F2N2O3S. The number of benzene rings is 2. The number of halogens is 2. The van der Waals surface area contributed by atoms with Crippen LogP contribution in [0.1, 0.15) is 10.4 Å². The van der Waals surface area contributed by atoms with Crippen LogP contribution in [0.5, 0.6) is 0 Å². The lowest BCUT2D eigenvalue weighted by atomic mass is 10.2. The van der Waals surface area contributed by atoms with E-state index in [2.05, 4.69) is 4.99 Å². The van der Waals surface area contributed by atoms with Crippen LogP contribution >= 0.6 is 11.3 Å². The number of carbonyl (C=O) groups excluding carboxylic acids is 1. The van der Waals surface area contributed by atoms with Gasteiger partial charge in [-0.15, -0.1) is 0 Å². The van der Waals surface area contributed by atoms with Crippen molar-refractivity contribution in [2.75, 3.05) is 0 Å². The summed E-state index contributed by atoms with van der Waals surface area (Å²) in [5.74, 6) is -3.71. The third-order valence-corrected chi connectivity index (χ3v) is 4.25. The maximum atomic E-state index is 13.2. The van der Waals surface area contributed by atoms with E-state index in [1.54, 1.807) is 24.3 Å². The van der Waals surface area contributed by atoms with Crippen LogP contribution in [0, 0.1) is 11.6 Å². The third-order valence-electron chi connectivity index (χ3n) is 3.19. The van der Waals surface area contributed by atoms with E-state index >= 15 is 0 Å². The van der Waals surface area contributed by atoms with Gasteiger partial charge in [0, 0.05) is 11.6 Å². The van der Waals surface area contributed by atoms with E-state index in [-0.39, 0.29) is 16.9 Å². The topological polar surface area (TPSA) is 71.7 Å². The Morgan fingerprint density at radius 3 is 2.46 bits per heavy atom. The molecule has 0 bridgehead atoms. The first-order valence-corrected chi connectivity index (χ1v) is 7.61. The molecular weight excluding hydrogens is 338 g/mol. The lowest BCUT2D eigenvalue weighted by molar-refractivity contribution is -0.137. The molecule has 5 nitrogen and oxygen atoms in total. The van der Waals surface area contributed by atoms with Gasteiger partial charge in [0.25, 0.3) is 5.91 Å². The highest BCUT2D eigenvalue weighted by molar-refractivity contribution is 7.16. The average molecular weight is 348 g/mol. The number of aromatic nitrogens is 1. The van der Waals surface area contributed by atoms with Gasteiger partial charge in [-0.1, -0.05) is 23.5 Å². The predicted octanol–water partition coefficient (Wildman–Crippen LogP) is 2.81. The number of hydrogen-bond donors (Lipinski definition) is 1. The molecule has 1 heterocycles. The summed E-state index contributed by atoms with van der Waals surface area (Å²) in [4.78, 5) is 27.2. The molecule has 0 radical (unpaired) electrons.